The lowest BCUT2D eigenvalue weighted by molar-refractivity contribution is 0.174. The summed E-state index contributed by atoms with van der Waals surface area (Å²) in [5.41, 5.74) is 2.12. The molecule has 2 aromatic carbocycles. The summed E-state index contributed by atoms with van der Waals surface area (Å²) in [6, 6.07) is 16.1. The highest BCUT2D eigenvalue weighted by Gasteiger charge is 2.51. The summed E-state index contributed by atoms with van der Waals surface area (Å²) >= 11 is 14.0. The van der Waals surface area contributed by atoms with Crippen molar-refractivity contribution in [1.82, 2.24) is 14.8 Å². The van der Waals surface area contributed by atoms with Gasteiger partial charge in [-0.25, -0.2) is 0 Å². The first-order valence-corrected chi connectivity index (χ1v) is 10.7. The van der Waals surface area contributed by atoms with E-state index in [4.69, 9.17) is 32.7 Å². The molecule has 5 rings (SSSR count). The van der Waals surface area contributed by atoms with Gasteiger partial charge in [-0.05, 0) is 24.1 Å². The molecule has 1 saturated carbocycles. The maximum absolute atomic E-state index is 6.18. The minimum atomic E-state index is -0.586. The van der Waals surface area contributed by atoms with Crippen molar-refractivity contribution < 1.29 is 9.47 Å². The van der Waals surface area contributed by atoms with E-state index in [-0.39, 0.29) is 12.7 Å². The van der Waals surface area contributed by atoms with E-state index >= 15 is 0 Å². The molecule has 1 aliphatic heterocycles. The van der Waals surface area contributed by atoms with Crippen molar-refractivity contribution in [3.63, 3.8) is 0 Å². The number of halogens is 2. The first-order valence-electron chi connectivity index (χ1n) is 8.98. The average molecular weight is 434 g/mol. The molecule has 0 N–H and O–H groups in total. The SMILES string of the molecule is ClC1(Cl)CC1CSc1nnc(-c2ccccc2)n1Cc1ccc2c(c1)OCO2. The van der Waals surface area contributed by atoms with E-state index in [2.05, 4.69) is 14.8 Å². The molecule has 5 nitrogen and oxygen atoms in total. The molecule has 3 aromatic rings. The van der Waals surface area contributed by atoms with E-state index in [0.717, 1.165) is 45.8 Å². The number of hydrogen-bond donors (Lipinski definition) is 0. The van der Waals surface area contributed by atoms with E-state index in [1.807, 2.05) is 48.5 Å². The zero-order valence-corrected chi connectivity index (χ0v) is 17.2. The minimum Gasteiger partial charge on any atom is -0.454 e. The first kappa shape index (κ1) is 18.2. The molecule has 1 aliphatic carbocycles. The number of thioether (sulfide) groups is 1. The van der Waals surface area contributed by atoms with Crippen molar-refractivity contribution in [2.45, 2.75) is 22.5 Å². The number of alkyl halides is 2. The Hall–Kier alpha value is -1.89. The van der Waals surface area contributed by atoms with Gasteiger partial charge in [0.05, 0.1) is 6.54 Å². The molecule has 144 valence electrons. The number of ether oxygens (including phenoxy) is 2. The minimum absolute atomic E-state index is 0.266. The predicted octanol–water partition coefficient (Wildman–Crippen LogP) is 5.01. The van der Waals surface area contributed by atoms with Gasteiger partial charge in [0, 0.05) is 17.2 Å². The molecule has 0 bridgehead atoms. The van der Waals surface area contributed by atoms with Crippen molar-refractivity contribution in [2.75, 3.05) is 12.5 Å². The Labute approximate surface area is 177 Å². The fraction of sp³-hybridized carbons (Fsp3) is 0.300. The molecule has 1 unspecified atom stereocenters. The second kappa shape index (κ2) is 7.17. The molecule has 1 atom stereocenters. The summed E-state index contributed by atoms with van der Waals surface area (Å²) in [4.78, 5) is 0. The Morgan fingerprint density at radius 2 is 1.86 bits per heavy atom. The quantitative estimate of drug-likeness (QED) is 0.403. The van der Waals surface area contributed by atoms with Gasteiger partial charge >= 0.3 is 0 Å². The Morgan fingerprint density at radius 3 is 2.64 bits per heavy atom. The summed E-state index contributed by atoms with van der Waals surface area (Å²) < 4.78 is 12.5. The topological polar surface area (TPSA) is 49.2 Å². The number of aromatic nitrogens is 3. The van der Waals surface area contributed by atoms with Crippen LogP contribution < -0.4 is 9.47 Å². The fourth-order valence-corrected chi connectivity index (χ4v) is 5.05. The molecule has 2 aliphatic rings. The number of fused-ring (bicyclic) bond motifs is 1. The van der Waals surface area contributed by atoms with Crippen LogP contribution in [0.15, 0.2) is 53.7 Å². The van der Waals surface area contributed by atoms with Gasteiger partial charge < -0.3 is 9.47 Å². The molecular formula is C20H17Cl2N3O2S. The van der Waals surface area contributed by atoms with Gasteiger partial charge in [0.15, 0.2) is 22.5 Å². The molecule has 8 heteroatoms. The predicted molar refractivity (Wildman–Crippen MR) is 110 cm³/mol. The van der Waals surface area contributed by atoms with Gasteiger partial charge in [0.2, 0.25) is 6.79 Å². The summed E-state index contributed by atoms with van der Waals surface area (Å²) in [5, 5.41) is 9.76. The van der Waals surface area contributed by atoms with E-state index in [1.54, 1.807) is 11.8 Å². The highest BCUT2D eigenvalue weighted by molar-refractivity contribution is 7.99. The highest BCUT2D eigenvalue weighted by Crippen LogP contribution is 2.54. The van der Waals surface area contributed by atoms with Crippen molar-refractivity contribution in [2.24, 2.45) is 5.92 Å². The van der Waals surface area contributed by atoms with Crippen LogP contribution in [0.4, 0.5) is 0 Å². The van der Waals surface area contributed by atoms with Crippen LogP contribution in [0.2, 0.25) is 0 Å². The molecular weight excluding hydrogens is 417 g/mol. The van der Waals surface area contributed by atoms with Crippen molar-refractivity contribution in [3.05, 3.63) is 54.1 Å². The summed E-state index contributed by atoms with van der Waals surface area (Å²) in [7, 11) is 0. The Morgan fingerprint density at radius 1 is 1.07 bits per heavy atom. The normalized spacial score (nSPS) is 19.0. The van der Waals surface area contributed by atoms with Crippen molar-refractivity contribution in [1.29, 1.82) is 0 Å². The second-order valence-electron chi connectivity index (χ2n) is 6.92. The van der Waals surface area contributed by atoms with Crippen LogP contribution in [0.3, 0.4) is 0 Å². The smallest absolute Gasteiger partial charge is 0.231 e. The largest absolute Gasteiger partial charge is 0.454 e. The maximum Gasteiger partial charge on any atom is 0.231 e. The zero-order valence-electron chi connectivity index (χ0n) is 14.8. The third-order valence-corrected chi connectivity index (χ3v) is 6.95. The molecule has 0 amide bonds. The monoisotopic (exact) mass is 433 g/mol. The summed E-state index contributed by atoms with van der Waals surface area (Å²) in [6.07, 6.45) is 0.824. The summed E-state index contributed by atoms with van der Waals surface area (Å²) in [5.74, 6) is 3.49. The molecule has 0 spiro atoms. The molecule has 1 aromatic heterocycles. The first-order chi connectivity index (χ1) is 13.6. The molecule has 2 heterocycles. The molecule has 0 radical (unpaired) electrons. The van der Waals surface area contributed by atoms with Gasteiger partial charge in [0.1, 0.15) is 4.33 Å². The van der Waals surface area contributed by atoms with Crippen LogP contribution >= 0.6 is 35.0 Å². The fourth-order valence-electron chi connectivity index (χ4n) is 3.19. The summed E-state index contributed by atoms with van der Waals surface area (Å²) in [6.45, 7) is 0.898. The van der Waals surface area contributed by atoms with Crippen LogP contribution in [0.25, 0.3) is 11.4 Å². The number of benzene rings is 2. The molecule has 28 heavy (non-hydrogen) atoms. The van der Waals surface area contributed by atoms with Crippen molar-refractivity contribution in [3.8, 4) is 22.9 Å². The van der Waals surface area contributed by atoms with Crippen LogP contribution in [-0.2, 0) is 6.54 Å². The highest BCUT2D eigenvalue weighted by atomic mass is 35.5. The van der Waals surface area contributed by atoms with Gasteiger partial charge in [-0.2, -0.15) is 0 Å². The van der Waals surface area contributed by atoms with E-state index in [1.165, 1.54) is 0 Å². The zero-order chi connectivity index (χ0) is 19.1. The van der Waals surface area contributed by atoms with Gasteiger partial charge in [-0.15, -0.1) is 33.4 Å². The number of hydrogen-bond acceptors (Lipinski definition) is 5. The standard InChI is InChI=1S/C20H17Cl2N3O2S/c21-20(22)9-15(20)11-28-19-24-23-18(14-4-2-1-3-5-14)25(19)10-13-6-7-16-17(8-13)27-12-26-16/h1-8,15H,9-12H2. The molecule has 1 fully saturated rings. The van der Waals surface area contributed by atoms with E-state index in [0.29, 0.717) is 6.54 Å². The van der Waals surface area contributed by atoms with E-state index < -0.39 is 4.33 Å². The molecule has 0 saturated heterocycles. The van der Waals surface area contributed by atoms with Crippen LogP contribution in [0, 0.1) is 5.92 Å². The third-order valence-electron chi connectivity index (χ3n) is 4.90. The average Bonchev–Trinajstić information content (AvgIpc) is 3.06. The number of nitrogens with zero attached hydrogens (tertiary/aromatic N) is 3. The Balaban J connectivity index is 1.45. The number of rotatable bonds is 6. The van der Waals surface area contributed by atoms with Crippen molar-refractivity contribution >= 4 is 35.0 Å². The van der Waals surface area contributed by atoms with E-state index in [9.17, 15) is 0 Å². The third kappa shape index (κ3) is 3.56. The van der Waals surface area contributed by atoms with Gasteiger partial charge in [0.25, 0.3) is 0 Å². The van der Waals surface area contributed by atoms with Gasteiger partial charge in [-0.3, -0.25) is 4.57 Å². The van der Waals surface area contributed by atoms with Gasteiger partial charge in [-0.1, -0.05) is 48.2 Å². The second-order valence-corrected chi connectivity index (χ2v) is 9.45. The Bertz CT molecular complexity index is 1010. The lowest BCUT2D eigenvalue weighted by Gasteiger charge is -2.11. The van der Waals surface area contributed by atoms with Crippen LogP contribution in [-0.4, -0.2) is 31.6 Å². The van der Waals surface area contributed by atoms with Crippen LogP contribution in [0.5, 0.6) is 11.5 Å². The lowest BCUT2D eigenvalue weighted by atomic mass is 10.2. The Kier molecular flexibility index (Phi) is 4.65. The lowest BCUT2D eigenvalue weighted by Crippen LogP contribution is -2.05. The maximum atomic E-state index is 6.18. The van der Waals surface area contributed by atoms with Crippen LogP contribution in [0.1, 0.15) is 12.0 Å².